The van der Waals surface area contributed by atoms with Crippen LogP contribution >= 0.6 is 0 Å². The zero-order valence-corrected chi connectivity index (χ0v) is 15.4. The number of nitro groups is 1. The molecule has 2 heterocycles. The van der Waals surface area contributed by atoms with Gasteiger partial charge in [-0.2, -0.15) is 4.98 Å². The lowest BCUT2D eigenvalue weighted by Gasteiger charge is -2.31. The number of carbonyl (C=O) groups is 1. The minimum atomic E-state index is -0.456. The number of benzene rings is 1. The quantitative estimate of drug-likeness (QED) is 0.428. The van der Waals surface area contributed by atoms with E-state index in [1.165, 1.54) is 25.3 Å². The Hall–Kier alpha value is -3.49. The summed E-state index contributed by atoms with van der Waals surface area (Å²) in [6, 6.07) is 7.97. The lowest BCUT2D eigenvalue weighted by molar-refractivity contribution is -0.384. The van der Waals surface area contributed by atoms with Crippen LogP contribution < -0.4 is 9.47 Å². The Kier molecular flexibility index (Phi) is 6.15. The second kappa shape index (κ2) is 8.94. The highest BCUT2D eigenvalue weighted by atomic mass is 16.6. The molecular weight excluding hydrogens is 364 g/mol. The summed E-state index contributed by atoms with van der Waals surface area (Å²) in [5.74, 6) is 0.357. The molecule has 28 heavy (non-hydrogen) atoms. The van der Waals surface area contributed by atoms with Gasteiger partial charge in [0.25, 0.3) is 5.69 Å². The van der Waals surface area contributed by atoms with Crippen molar-refractivity contribution in [3.8, 4) is 11.9 Å². The standard InChI is InChI=1S/C19H20N4O5/c1-27-19-20-11-8-17(21-19)28-16-9-12-22(13-10-16)18(24)7-4-14-2-5-15(6-3-14)23(25)26/h2-8,11,16H,9-10,12-13H2,1H3/b7-4+. The summed E-state index contributed by atoms with van der Waals surface area (Å²) >= 11 is 0. The number of rotatable bonds is 6. The first-order valence-electron chi connectivity index (χ1n) is 8.80. The van der Waals surface area contributed by atoms with Gasteiger partial charge in [-0.25, -0.2) is 4.98 Å². The summed E-state index contributed by atoms with van der Waals surface area (Å²) in [7, 11) is 1.49. The summed E-state index contributed by atoms with van der Waals surface area (Å²) in [5, 5.41) is 10.7. The second-order valence-corrected chi connectivity index (χ2v) is 6.21. The van der Waals surface area contributed by atoms with Crippen molar-refractivity contribution in [2.75, 3.05) is 20.2 Å². The molecule has 146 valence electrons. The molecule has 0 saturated carbocycles. The summed E-state index contributed by atoms with van der Waals surface area (Å²) in [4.78, 5) is 32.4. The van der Waals surface area contributed by atoms with E-state index in [1.807, 2.05) is 0 Å². The van der Waals surface area contributed by atoms with Crippen LogP contribution in [-0.2, 0) is 4.79 Å². The van der Waals surface area contributed by atoms with E-state index >= 15 is 0 Å². The van der Waals surface area contributed by atoms with Crippen LogP contribution in [0.2, 0.25) is 0 Å². The first-order valence-corrected chi connectivity index (χ1v) is 8.80. The summed E-state index contributed by atoms with van der Waals surface area (Å²) in [6.45, 7) is 1.16. The highest BCUT2D eigenvalue weighted by Gasteiger charge is 2.23. The number of nitro benzene ring substituents is 1. The molecule has 0 atom stereocenters. The number of likely N-dealkylation sites (tertiary alicyclic amines) is 1. The number of methoxy groups -OCH3 is 1. The van der Waals surface area contributed by atoms with Crippen LogP contribution in [0.25, 0.3) is 6.08 Å². The van der Waals surface area contributed by atoms with Crippen molar-refractivity contribution in [2.24, 2.45) is 0 Å². The molecule has 0 radical (unpaired) electrons. The van der Waals surface area contributed by atoms with Crippen molar-refractivity contribution < 1.29 is 19.2 Å². The van der Waals surface area contributed by atoms with Crippen LogP contribution in [0.1, 0.15) is 18.4 Å². The number of aromatic nitrogens is 2. The van der Waals surface area contributed by atoms with Gasteiger partial charge in [0, 0.05) is 56.4 Å². The van der Waals surface area contributed by atoms with Gasteiger partial charge >= 0.3 is 6.01 Å². The number of amides is 1. The fourth-order valence-corrected chi connectivity index (χ4v) is 2.83. The zero-order valence-electron chi connectivity index (χ0n) is 15.4. The highest BCUT2D eigenvalue weighted by Crippen LogP contribution is 2.19. The molecule has 1 amide bonds. The molecule has 1 fully saturated rings. The molecule has 1 aromatic carbocycles. The number of carbonyl (C=O) groups excluding carboxylic acids is 1. The first-order chi connectivity index (χ1) is 13.5. The molecule has 0 bridgehead atoms. The monoisotopic (exact) mass is 384 g/mol. The molecule has 3 rings (SSSR count). The van der Waals surface area contributed by atoms with Gasteiger partial charge in [0.1, 0.15) is 6.10 Å². The SMILES string of the molecule is COc1nccc(OC2CCN(C(=O)/C=C/c3ccc([N+](=O)[O-])cc3)CC2)n1. The lowest BCUT2D eigenvalue weighted by atomic mass is 10.1. The van der Waals surface area contributed by atoms with E-state index in [9.17, 15) is 14.9 Å². The maximum Gasteiger partial charge on any atom is 0.319 e. The average Bonchev–Trinajstić information content (AvgIpc) is 2.73. The fourth-order valence-electron chi connectivity index (χ4n) is 2.83. The largest absolute Gasteiger partial charge is 0.474 e. The predicted octanol–water partition coefficient (Wildman–Crippen LogP) is 2.48. The third-order valence-corrected chi connectivity index (χ3v) is 4.35. The van der Waals surface area contributed by atoms with E-state index in [2.05, 4.69) is 9.97 Å². The van der Waals surface area contributed by atoms with E-state index in [0.29, 0.717) is 31.8 Å². The smallest absolute Gasteiger partial charge is 0.319 e. The summed E-state index contributed by atoms with van der Waals surface area (Å²) in [6.07, 6.45) is 6.08. The predicted molar refractivity (Wildman–Crippen MR) is 101 cm³/mol. The molecule has 1 aromatic heterocycles. The van der Waals surface area contributed by atoms with Crippen molar-refractivity contribution in [1.29, 1.82) is 0 Å². The Morgan fingerprint density at radius 1 is 1.25 bits per heavy atom. The molecule has 0 spiro atoms. The number of hydrogen-bond acceptors (Lipinski definition) is 7. The lowest BCUT2D eigenvalue weighted by Crippen LogP contribution is -2.41. The van der Waals surface area contributed by atoms with E-state index in [4.69, 9.17) is 9.47 Å². The van der Waals surface area contributed by atoms with Gasteiger partial charge < -0.3 is 14.4 Å². The molecule has 0 N–H and O–H groups in total. The van der Waals surface area contributed by atoms with E-state index in [1.54, 1.807) is 35.4 Å². The normalized spacial score (nSPS) is 14.8. The number of non-ortho nitro benzene ring substituents is 1. The highest BCUT2D eigenvalue weighted by molar-refractivity contribution is 5.91. The van der Waals surface area contributed by atoms with Crippen LogP contribution in [0, 0.1) is 10.1 Å². The molecular formula is C19H20N4O5. The molecule has 1 aliphatic rings. The van der Waals surface area contributed by atoms with Gasteiger partial charge in [-0.3, -0.25) is 14.9 Å². The second-order valence-electron chi connectivity index (χ2n) is 6.21. The number of hydrogen-bond donors (Lipinski definition) is 0. The molecule has 9 nitrogen and oxygen atoms in total. The molecule has 1 aliphatic heterocycles. The first kappa shape index (κ1) is 19.3. The van der Waals surface area contributed by atoms with Crippen molar-refractivity contribution in [3.63, 3.8) is 0 Å². The molecule has 9 heteroatoms. The zero-order chi connectivity index (χ0) is 19.9. The van der Waals surface area contributed by atoms with Crippen LogP contribution in [0.3, 0.4) is 0 Å². The van der Waals surface area contributed by atoms with Gasteiger partial charge in [-0.15, -0.1) is 0 Å². The Morgan fingerprint density at radius 3 is 2.61 bits per heavy atom. The molecule has 0 aliphatic carbocycles. The van der Waals surface area contributed by atoms with Crippen LogP contribution in [0.4, 0.5) is 5.69 Å². The minimum Gasteiger partial charge on any atom is -0.474 e. The van der Waals surface area contributed by atoms with Gasteiger partial charge in [-0.05, 0) is 23.8 Å². The topological polar surface area (TPSA) is 108 Å². The molecule has 2 aromatic rings. The number of nitrogens with zero attached hydrogens (tertiary/aromatic N) is 4. The Morgan fingerprint density at radius 2 is 1.96 bits per heavy atom. The van der Waals surface area contributed by atoms with Crippen molar-refractivity contribution in [1.82, 2.24) is 14.9 Å². The van der Waals surface area contributed by atoms with Gasteiger partial charge in [-0.1, -0.05) is 0 Å². The summed E-state index contributed by atoms with van der Waals surface area (Å²) < 4.78 is 10.8. The van der Waals surface area contributed by atoms with E-state index in [-0.39, 0.29) is 23.7 Å². The number of ether oxygens (including phenoxy) is 2. The van der Waals surface area contributed by atoms with Crippen LogP contribution in [-0.4, -0.2) is 52.0 Å². The van der Waals surface area contributed by atoms with Gasteiger partial charge in [0.2, 0.25) is 11.8 Å². The van der Waals surface area contributed by atoms with Crippen molar-refractivity contribution >= 4 is 17.7 Å². The Labute approximate surface area is 161 Å². The molecule has 0 unspecified atom stereocenters. The number of piperidine rings is 1. The van der Waals surface area contributed by atoms with Gasteiger partial charge in [0.05, 0.1) is 12.0 Å². The Balaban J connectivity index is 1.49. The van der Waals surface area contributed by atoms with Crippen LogP contribution in [0.5, 0.6) is 11.9 Å². The van der Waals surface area contributed by atoms with Crippen molar-refractivity contribution in [2.45, 2.75) is 18.9 Å². The summed E-state index contributed by atoms with van der Waals surface area (Å²) in [5.41, 5.74) is 0.752. The van der Waals surface area contributed by atoms with Crippen LogP contribution in [0.15, 0.2) is 42.6 Å². The minimum absolute atomic E-state index is 0.0202. The van der Waals surface area contributed by atoms with E-state index < -0.39 is 4.92 Å². The third-order valence-electron chi connectivity index (χ3n) is 4.35. The molecule has 1 saturated heterocycles. The Bertz CT molecular complexity index is 861. The third kappa shape index (κ3) is 5.03. The maximum absolute atomic E-state index is 12.3. The fraction of sp³-hybridized carbons (Fsp3) is 0.316. The maximum atomic E-state index is 12.3. The van der Waals surface area contributed by atoms with Crippen molar-refractivity contribution in [3.05, 3.63) is 58.3 Å². The van der Waals surface area contributed by atoms with Gasteiger partial charge in [0.15, 0.2) is 0 Å². The average molecular weight is 384 g/mol. The van der Waals surface area contributed by atoms with E-state index in [0.717, 1.165) is 5.56 Å².